The molecule has 2 rings (SSSR count). The minimum absolute atomic E-state index is 0.227. The van der Waals surface area contributed by atoms with E-state index in [-0.39, 0.29) is 18.9 Å². The molecule has 1 heterocycles. The van der Waals surface area contributed by atoms with Crippen LogP contribution in [0.5, 0.6) is 0 Å². The number of carbonyl (C=O) groups is 4. The third kappa shape index (κ3) is 9.03. The number of benzene rings is 1. The Hall–Kier alpha value is -3.10. The lowest BCUT2D eigenvalue weighted by atomic mass is 10.1. The van der Waals surface area contributed by atoms with Gasteiger partial charge in [-0.1, -0.05) is 30.3 Å². The van der Waals surface area contributed by atoms with E-state index in [1.165, 1.54) is 4.90 Å². The lowest BCUT2D eigenvalue weighted by Gasteiger charge is -2.28. The van der Waals surface area contributed by atoms with Crippen LogP contribution >= 0.6 is 0 Å². The Bertz CT molecular complexity index is 873. The van der Waals surface area contributed by atoms with Crippen molar-refractivity contribution in [2.45, 2.75) is 84.1 Å². The number of likely N-dealkylation sites (tertiary alicyclic amines) is 1. The molecule has 1 aromatic rings. The average molecular weight is 476 g/mol. The first kappa shape index (κ1) is 27.1. The summed E-state index contributed by atoms with van der Waals surface area (Å²) in [6.45, 7) is 10.6. The highest BCUT2D eigenvalue weighted by atomic mass is 16.6. The van der Waals surface area contributed by atoms with Gasteiger partial charge in [0.1, 0.15) is 23.3 Å². The predicted octanol–water partition coefficient (Wildman–Crippen LogP) is 2.57. The minimum Gasteiger partial charge on any atom is -0.458 e. The van der Waals surface area contributed by atoms with Crippen molar-refractivity contribution in [2.24, 2.45) is 0 Å². The Morgan fingerprint density at radius 2 is 1.62 bits per heavy atom. The Labute approximate surface area is 201 Å². The molecule has 3 amide bonds. The van der Waals surface area contributed by atoms with Crippen molar-refractivity contribution in [1.29, 1.82) is 0 Å². The molecule has 1 saturated heterocycles. The monoisotopic (exact) mass is 475 g/mol. The highest BCUT2D eigenvalue weighted by molar-refractivity contribution is 5.91. The van der Waals surface area contributed by atoms with Crippen molar-refractivity contribution in [2.75, 3.05) is 13.1 Å². The molecule has 0 saturated carbocycles. The van der Waals surface area contributed by atoms with Crippen molar-refractivity contribution in [3.05, 3.63) is 35.9 Å². The van der Waals surface area contributed by atoms with Crippen LogP contribution in [0.25, 0.3) is 0 Å². The molecular weight excluding hydrogens is 438 g/mol. The number of nitrogens with zero attached hydrogens (tertiary/aromatic N) is 1. The summed E-state index contributed by atoms with van der Waals surface area (Å²) in [7, 11) is 0. The van der Waals surface area contributed by atoms with Gasteiger partial charge in [-0.15, -0.1) is 0 Å². The fourth-order valence-corrected chi connectivity index (χ4v) is 3.58. The van der Waals surface area contributed by atoms with Gasteiger partial charge in [-0.2, -0.15) is 0 Å². The van der Waals surface area contributed by atoms with Crippen LogP contribution in [0, 0.1) is 0 Å². The van der Waals surface area contributed by atoms with E-state index in [1.807, 2.05) is 30.3 Å². The van der Waals surface area contributed by atoms with Gasteiger partial charge in [0, 0.05) is 13.0 Å². The maximum absolute atomic E-state index is 12.9. The summed E-state index contributed by atoms with van der Waals surface area (Å²) < 4.78 is 10.7. The first-order chi connectivity index (χ1) is 15.7. The number of hydrogen-bond acceptors (Lipinski definition) is 6. The molecule has 1 aliphatic rings. The number of carbonyl (C=O) groups excluding carboxylic acids is 4. The Morgan fingerprint density at radius 1 is 1.00 bits per heavy atom. The van der Waals surface area contributed by atoms with Gasteiger partial charge >= 0.3 is 12.1 Å². The quantitative estimate of drug-likeness (QED) is 0.586. The number of alkyl carbamates (subject to hydrolysis) is 1. The van der Waals surface area contributed by atoms with Gasteiger partial charge in [0.2, 0.25) is 11.8 Å². The van der Waals surface area contributed by atoms with Gasteiger partial charge in [-0.3, -0.25) is 9.59 Å². The lowest BCUT2D eigenvalue weighted by molar-refractivity contribution is -0.163. The third-order valence-electron chi connectivity index (χ3n) is 4.96. The molecule has 0 unspecified atom stereocenters. The van der Waals surface area contributed by atoms with E-state index in [2.05, 4.69) is 10.6 Å². The number of hydrogen-bond donors (Lipinski definition) is 2. The fourth-order valence-electron chi connectivity index (χ4n) is 3.58. The maximum atomic E-state index is 12.9. The SMILES string of the molecule is CC(C)(C)OC(=O)N[C@@H](Cc1ccccc1)C(=O)NCC(=O)N1CCC[C@H]1C(=O)OC(C)(C)C. The highest BCUT2D eigenvalue weighted by Gasteiger charge is 2.37. The van der Waals surface area contributed by atoms with Gasteiger partial charge < -0.3 is 25.0 Å². The molecule has 188 valence electrons. The second-order valence-electron chi connectivity index (χ2n) is 10.4. The molecule has 9 nitrogen and oxygen atoms in total. The first-order valence-electron chi connectivity index (χ1n) is 11.6. The predicted molar refractivity (Wildman–Crippen MR) is 127 cm³/mol. The fraction of sp³-hybridized carbons (Fsp3) is 0.600. The van der Waals surface area contributed by atoms with Crippen LogP contribution in [-0.4, -0.2) is 65.2 Å². The molecular formula is C25H37N3O6. The van der Waals surface area contributed by atoms with Crippen molar-refractivity contribution in [3.63, 3.8) is 0 Å². The maximum Gasteiger partial charge on any atom is 0.408 e. The summed E-state index contributed by atoms with van der Waals surface area (Å²) in [5, 5.41) is 5.20. The lowest BCUT2D eigenvalue weighted by Crippen LogP contribution is -2.52. The Morgan fingerprint density at radius 3 is 2.21 bits per heavy atom. The van der Waals surface area contributed by atoms with E-state index >= 15 is 0 Å². The summed E-state index contributed by atoms with van der Waals surface area (Å²) >= 11 is 0. The van der Waals surface area contributed by atoms with Gasteiger partial charge in [-0.05, 0) is 59.9 Å². The van der Waals surface area contributed by atoms with Crippen LogP contribution in [0.1, 0.15) is 59.9 Å². The Balaban J connectivity index is 2.02. The molecule has 34 heavy (non-hydrogen) atoms. The van der Waals surface area contributed by atoms with Crippen molar-refractivity contribution >= 4 is 23.9 Å². The van der Waals surface area contributed by atoms with Crippen molar-refractivity contribution < 1.29 is 28.7 Å². The molecule has 2 N–H and O–H groups in total. The van der Waals surface area contributed by atoms with Crippen LogP contribution in [0.2, 0.25) is 0 Å². The molecule has 1 aromatic carbocycles. The number of rotatable bonds is 7. The number of amides is 3. The normalized spacial score (nSPS) is 17.0. The summed E-state index contributed by atoms with van der Waals surface area (Å²) in [4.78, 5) is 52.0. The molecule has 9 heteroatoms. The van der Waals surface area contributed by atoms with Gasteiger partial charge in [0.15, 0.2) is 0 Å². The Kier molecular flexibility index (Phi) is 9.06. The van der Waals surface area contributed by atoms with Crippen LogP contribution < -0.4 is 10.6 Å². The summed E-state index contributed by atoms with van der Waals surface area (Å²) in [5.41, 5.74) is -0.532. The van der Waals surface area contributed by atoms with Crippen LogP contribution in [0.15, 0.2) is 30.3 Å². The molecule has 0 radical (unpaired) electrons. The second-order valence-corrected chi connectivity index (χ2v) is 10.4. The van der Waals surface area contributed by atoms with Crippen LogP contribution in [-0.2, 0) is 30.3 Å². The minimum atomic E-state index is -0.940. The van der Waals surface area contributed by atoms with Crippen LogP contribution in [0.3, 0.4) is 0 Å². The van der Waals surface area contributed by atoms with Crippen molar-refractivity contribution in [3.8, 4) is 0 Å². The molecule has 0 aromatic heterocycles. The van der Waals surface area contributed by atoms with E-state index in [4.69, 9.17) is 9.47 Å². The zero-order chi connectivity index (χ0) is 25.5. The summed E-state index contributed by atoms with van der Waals surface area (Å²) in [6.07, 6.45) is 0.704. The number of ether oxygens (including phenoxy) is 2. The van der Waals surface area contributed by atoms with Crippen LogP contribution in [0.4, 0.5) is 4.79 Å². The molecule has 0 spiro atoms. The zero-order valence-electron chi connectivity index (χ0n) is 21.0. The largest absolute Gasteiger partial charge is 0.458 e. The molecule has 0 bridgehead atoms. The molecule has 0 aliphatic carbocycles. The van der Waals surface area contributed by atoms with Gasteiger partial charge in [0.25, 0.3) is 0 Å². The van der Waals surface area contributed by atoms with Crippen molar-refractivity contribution in [1.82, 2.24) is 15.5 Å². The van der Waals surface area contributed by atoms with E-state index in [0.29, 0.717) is 19.4 Å². The average Bonchev–Trinajstić information content (AvgIpc) is 3.19. The third-order valence-corrected chi connectivity index (χ3v) is 4.96. The van der Waals surface area contributed by atoms with E-state index in [1.54, 1.807) is 41.5 Å². The van der Waals surface area contributed by atoms with Gasteiger partial charge in [0.05, 0.1) is 6.54 Å². The topological polar surface area (TPSA) is 114 Å². The van der Waals surface area contributed by atoms with Gasteiger partial charge in [-0.25, -0.2) is 9.59 Å². The zero-order valence-corrected chi connectivity index (χ0v) is 21.0. The highest BCUT2D eigenvalue weighted by Crippen LogP contribution is 2.21. The summed E-state index contributed by atoms with van der Waals surface area (Å²) in [6, 6.07) is 7.62. The molecule has 1 aliphatic heterocycles. The van der Waals surface area contributed by atoms with E-state index in [9.17, 15) is 19.2 Å². The summed E-state index contributed by atoms with van der Waals surface area (Å²) in [5.74, 6) is -1.34. The number of nitrogens with one attached hydrogen (secondary N) is 2. The number of esters is 1. The van der Waals surface area contributed by atoms with E-state index < -0.39 is 41.3 Å². The second kappa shape index (κ2) is 11.4. The van der Waals surface area contributed by atoms with E-state index in [0.717, 1.165) is 5.56 Å². The molecule has 2 atom stereocenters. The smallest absolute Gasteiger partial charge is 0.408 e. The molecule has 1 fully saturated rings. The standard InChI is InChI=1S/C25H37N3O6/c1-24(2,3)33-22(31)19-13-10-14-28(19)20(29)16-26-21(30)18(15-17-11-8-7-9-12-17)27-23(32)34-25(4,5)6/h7-9,11-12,18-19H,10,13-16H2,1-6H3,(H,26,30)(H,27,32)/t18-,19-/m0/s1. The first-order valence-corrected chi connectivity index (χ1v) is 11.6.